The summed E-state index contributed by atoms with van der Waals surface area (Å²) >= 11 is 0. The van der Waals surface area contributed by atoms with E-state index in [0.29, 0.717) is 47.6 Å². The van der Waals surface area contributed by atoms with E-state index in [1.807, 2.05) is 32.9 Å². The Morgan fingerprint density at radius 2 is 1.84 bits per heavy atom. The highest BCUT2D eigenvalue weighted by Crippen LogP contribution is 2.30. The van der Waals surface area contributed by atoms with Crippen LogP contribution in [0.4, 0.5) is 22.2 Å². The van der Waals surface area contributed by atoms with Gasteiger partial charge in [-0.2, -0.15) is 9.35 Å². The number of carbonyl (C=O) groups excluding carboxylic acids is 1. The topological polar surface area (TPSA) is 137 Å². The Hall–Kier alpha value is -4.52. The second-order valence-corrected chi connectivity index (χ2v) is 14.6. The second kappa shape index (κ2) is 12.2. The lowest BCUT2D eigenvalue weighted by molar-refractivity contribution is 0.0205. The number of hydrogen-bond donors (Lipinski definition) is 1. The minimum absolute atomic E-state index is 0.220. The van der Waals surface area contributed by atoms with Crippen LogP contribution in [0.15, 0.2) is 70.5 Å². The molecule has 4 aromatic rings. The van der Waals surface area contributed by atoms with Gasteiger partial charge in [-0.1, -0.05) is 24.3 Å². The summed E-state index contributed by atoms with van der Waals surface area (Å²) in [5.74, 6) is 1.35. The van der Waals surface area contributed by atoms with Gasteiger partial charge in [-0.15, -0.1) is 6.58 Å². The summed E-state index contributed by atoms with van der Waals surface area (Å²) < 4.78 is 25.1. The SMILES string of the molecule is C=CCn1c(=O)c2cnc(Nc3ccc(C4CCN(C(=O)OC(C)(C)C)CC4)cc3)nc2n1-c1cccc(N=S(C)(C)=O)n1. The van der Waals surface area contributed by atoms with Gasteiger partial charge < -0.3 is 15.0 Å². The Morgan fingerprint density at radius 1 is 1.14 bits per heavy atom. The molecule has 12 nitrogen and oxygen atoms in total. The number of pyridine rings is 1. The van der Waals surface area contributed by atoms with Crippen LogP contribution in [0.2, 0.25) is 0 Å². The molecule has 3 aromatic heterocycles. The van der Waals surface area contributed by atoms with Crippen molar-refractivity contribution in [3.05, 3.63) is 77.2 Å². The smallest absolute Gasteiger partial charge is 0.410 e. The fraction of sp³-hybridized carbons (Fsp3) is 0.387. The van der Waals surface area contributed by atoms with E-state index < -0.39 is 15.3 Å². The van der Waals surface area contributed by atoms with Crippen LogP contribution in [0.25, 0.3) is 16.9 Å². The van der Waals surface area contributed by atoms with Crippen LogP contribution in [0, 0.1) is 0 Å². The Bertz CT molecular complexity index is 1870. The lowest BCUT2D eigenvalue weighted by Gasteiger charge is -2.33. The van der Waals surface area contributed by atoms with Crippen molar-refractivity contribution in [2.75, 3.05) is 30.9 Å². The summed E-state index contributed by atoms with van der Waals surface area (Å²) in [5.41, 5.74) is 1.56. The third-order valence-electron chi connectivity index (χ3n) is 7.01. The number of fused-ring (bicyclic) bond motifs is 1. The zero-order valence-electron chi connectivity index (χ0n) is 25.7. The molecule has 1 aliphatic rings. The van der Waals surface area contributed by atoms with Gasteiger partial charge in [0, 0.05) is 47.2 Å². The highest BCUT2D eigenvalue weighted by Gasteiger charge is 2.27. The lowest BCUT2D eigenvalue weighted by Crippen LogP contribution is -2.41. The summed E-state index contributed by atoms with van der Waals surface area (Å²) in [6.45, 7) is 10.9. The molecule has 0 spiro atoms. The Morgan fingerprint density at radius 3 is 2.48 bits per heavy atom. The third-order valence-corrected chi connectivity index (χ3v) is 7.64. The Kier molecular flexibility index (Phi) is 8.60. The molecule has 1 aliphatic heterocycles. The zero-order chi connectivity index (χ0) is 31.6. The first-order valence-electron chi connectivity index (χ1n) is 14.4. The molecule has 0 aliphatic carbocycles. The first kappa shape index (κ1) is 30.9. The molecular weight excluding hydrogens is 580 g/mol. The number of nitrogens with one attached hydrogen (secondary N) is 1. The normalized spacial score (nSPS) is 14.4. The average molecular weight is 619 g/mol. The first-order valence-corrected chi connectivity index (χ1v) is 16.7. The van der Waals surface area contributed by atoms with E-state index in [-0.39, 0.29) is 18.2 Å². The minimum atomic E-state index is -2.44. The number of rotatable bonds is 7. The van der Waals surface area contributed by atoms with E-state index in [1.165, 1.54) is 29.0 Å². The van der Waals surface area contributed by atoms with Crippen molar-refractivity contribution in [1.82, 2.24) is 29.2 Å². The van der Waals surface area contributed by atoms with Gasteiger partial charge >= 0.3 is 6.09 Å². The number of ether oxygens (including phenoxy) is 1. The molecule has 0 unspecified atom stereocenters. The molecule has 1 fully saturated rings. The molecule has 1 N–H and O–H groups in total. The quantitative estimate of drug-likeness (QED) is 0.273. The summed E-state index contributed by atoms with van der Waals surface area (Å²) in [5, 5.41) is 3.56. The van der Waals surface area contributed by atoms with Gasteiger partial charge in [0.15, 0.2) is 17.3 Å². The molecule has 0 bridgehead atoms. The molecule has 13 heteroatoms. The number of piperidine rings is 1. The number of nitrogens with zero attached hydrogens (tertiary/aromatic N) is 7. The first-order chi connectivity index (χ1) is 20.8. The molecule has 4 heterocycles. The second-order valence-electron chi connectivity index (χ2n) is 12.0. The molecule has 0 saturated carbocycles. The highest BCUT2D eigenvalue weighted by molar-refractivity contribution is 7.92. The van der Waals surface area contributed by atoms with Crippen molar-refractivity contribution in [2.45, 2.75) is 51.7 Å². The van der Waals surface area contributed by atoms with Crippen LogP contribution in [-0.2, 0) is 21.0 Å². The fourth-order valence-electron chi connectivity index (χ4n) is 5.10. The lowest BCUT2D eigenvalue weighted by atomic mass is 9.89. The standard InChI is InChI=1S/C31H38N8O4S/c1-7-17-38-28(40)24-20-32-29(35-27(24)39(38)26-10-8-9-25(34-26)36-44(5,6)42)33-23-13-11-21(12-14-23)22-15-18-37(19-16-22)30(41)43-31(2,3)4/h7-14,20,22H,1,15-19H2,2-6H3,(H,32,33,35). The summed E-state index contributed by atoms with van der Waals surface area (Å²) in [6.07, 6.45) is 7.65. The number of benzene rings is 1. The van der Waals surface area contributed by atoms with Crippen molar-refractivity contribution in [3.8, 4) is 5.82 Å². The van der Waals surface area contributed by atoms with Crippen molar-refractivity contribution in [1.29, 1.82) is 0 Å². The largest absolute Gasteiger partial charge is 0.444 e. The third kappa shape index (κ3) is 7.16. The number of aromatic nitrogens is 5. The van der Waals surface area contributed by atoms with Gasteiger partial charge in [-0.05, 0) is 69.4 Å². The fourth-order valence-corrected chi connectivity index (χ4v) is 5.66. The van der Waals surface area contributed by atoms with Gasteiger partial charge in [-0.25, -0.2) is 28.3 Å². The van der Waals surface area contributed by atoms with Crippen LogP contribution in [0.3, 0.4) is 0 Å². The van der Waals surface area contributed by atoms with Crippen molar-refractivity contribution in [2.24, 2.45) is 4.36 Å². The van der Waals surface area contributed by atoms with Crippen LogP contribution >= 0.6 is 0 Å². The Labute approximate surface area is 257 Å². The van der Waals surface area contributed by atoms with Crippen LogP contribution in [-0.4, -0.2) is 70.7 Å². The molecule has 5 rings (SSSR count). The van der Waals surface area contributed by atoms with Crippen LogP contribution in [0.1, 0.15) is 45.1 Å². The molecule has 0 atom stereocenters. The molecule has 232 valence electrons. The maximum atomic E-state index is 13.3. The summed E-state index contributed by atoms with van der Waals surface area (Å²) in [6, 6.07) is 13.2. The van der Waals surface area contributed by atoms with Gasteiger partial charge in [0.1, 0.15) is 11.0 Å². The zero-order valence-corrected chi connectivity index (χ0v) is 26.5. The average Bonchev–Trinajstić information content (AvgIpc) is 3.22. The van der Waals surface area contributed by atoms with E-state index in [4.69, 9.17) is 4.74 Å². The number of amides is 1. The molecule has 1 amide bonds. The molecule has 1 saturated heterocycles. The number of anilines is 2. The molecule has 44 heavy (non-hydrogen) atoms. The highest BCUT2D eigenvalue weighted by atomic mass is 32.2. The number of hydrogen-bond acceptors (Lipinski definition) is 9. The van der Waals surface area contributed by atoms with Gasteiger partial charge in [-0.3, -0.25) is 4.79 Å². The Balaban J connectivity index is 1.37. The monoisotopic (exact) mass is 618 g/mol. The van der Waals surface area contributed by atoms with E-state index >= 15 is 0 Å². The molecule has 0 radical (unpaired) electrons. The number of carbonyl (C=O) groups is 1. The maximum Gasteiger partial charge on any atom is 0.410 e. The minimum Gasteiger partial charge on any atom is -0.444 e. The van der Waals surface area contributed by atoms with Crippen molar-refractivity contribution in [3.63, 3.8) is 0 Å². The van der Waals surface area contributed by atoms with Crippen molar-refractivity contribution < 1.29 is 13.7 Å². The predicted molar refractivity (Wildman–Crippen MR) is 173 cm³/mol. The molecular formula is C31H38N8O4S. The van der Waals surface area contributed by atoms with E-state index in [2.05, 4.69) is 43.3 Å². The predicted octanol–water partition coefficient (Wildman–Crippen LogP) is 5.38. The van der Waals surface area contributed by atoms with Crippen molar-refractivity contribution >= 4 is 44.3 Å². The van der Waals surface area contributed by atoms with Crippen LogP contribution in [0.5, 0.6) is 0 Å². The summed E-state index contributed by atoms with van der Waals surface area (Å²) in [4.78, 5) is 41.1. The summed E-state index contributed by atoms with van der Waals surface area (Å²) in [7, 11) is -2.44. The van der Waals surface area contributed by atoms with Gasteiger partial charge in [0.2, 0.25) is 5.95 Å². The number of likely N-dealkylation sites (tertiary alicyclic amines) is 1. The van der Waals surface area contributed by atoms with Gasteiger partial charge in [0.05, 0.1) is 6.54 Å². The van der Waals surface area contributed by atoms with E-state index in [0.717, 1.165) is 18.5 Å². The maximum absolute atomic E-state index is 13.3. The van der Waals surface area contributed by atoms with E-state index in [1.54, 1.807) is 33.9 Å². The van der Waals surface area contributed by atoms with Crippen LogP contribution < -0.4 is 10.9 Å². The van der Waals surface area contributed by atoms with Gasteiger partial charge in [0.25, 0.3) is 5.56 Å². The van der Waals surface area contributed by atoms with E-state index in [9.17, 15) is 13.8 Å². The molecule has 1 aromatic carbocycles. The number of allylic oxidation sites excluding steroid dienone is 1.